The van der Waals surface area contributed by atoms with Crippen LogP contribution in [-0.2, 0) is 28.6 Å². The lowest BCUT2D eigenvalue weighted by Gasteiger charge is -2.31. The number of likely N-dealkylation sites (N-methyl/N-ethyl adjacent to an activating group) is 1. The number of esters is 2. The van der Waals surface area contributed by atoms with Crippen LogP contribution in [0.1, 0.15) is 84.5 Å². The van der Waals surface area contributed by atoms with Gasteiger partial charge in [0, 0.05) is 19.3 Å². The van der Waals surface area contributed by atoms with Crippen molar-refractivity contribution in [2.45, 2.75) is 96.6 Å². The van der Waals surface area contributed by atoms with Crippen LogP contribution in [0.4, 0.5) is 0 Å². The summed E-state index contributed by atoms with van der Waals surface area (Å²) in [5.74, 6) is -1.65. The van der Waals surface area contributed by atoms with E-state index >= 15 is 0 Å². The minimum Gasteiger partial charge on any atom is -0.477 e. The Morgan fingerprint density at radius 2 is 1.20 bits per heavy atom. The van der Waals surface area contributed by atoms with Gasteiger partial charge >= 0.3 is 17.9 Å². The first-order valence-electron chi connectivity index (χ1n) is 18.0. The number of ether oxygens (including phenoxy) is 3. The Kier molecular flexibility index (Phi) is 29.6. The monoisotopic (exact) mass is 694 g/mol. The molecule has 2 unspecified atom stereocenters. The molecule has 0 rings (SSSR count). The van der Waals surface area contributed by atoms with Gasteiger partial charge in [-0.25, -0.2) is 4.79 Å². The van der Waals surface area contributed by atoms with E-state index in [1.165, 1.54) is 0 Å². The standard InChI is InChI=1S/C42H63NO7/c1-6-8-10-12-14-15-16-17-18-19-20-21-22-23-24-25-27-28-30-32-40(44)49-37-38(36-48-35-34-39(42(46)47)43(3,4)5)50-41(45)33-31-29-26-13-11-9-7-2/h8-12,14-24,26,29,38-39H,6-7,13,25,27-28,30-37H2,1-5H3/p+1/b10-8+,11-9+,14-12+,16-15+,18-17+,20-19+,22-21+,24-23+,29-26+. The summed E-state index contributed by atoms with van der Waals surface area (Å²) in [4.78, 5) is 36.5. The summed E-state index contributed by atoms with van der Waals surface area (Å²) in [7, 11) is 5.45. The van der Waals surface area contributed by atoms with Crippen LogP contribution in [0.25, 0.3) is 0 Å². The van der Waals surface area contributed by atoms with Gasteiger partial charge in [-0.05, 0) is 44.9 Å². The molecule has 0 aliphatic rings. The Hall–Kier alpha value is -4.01. The van der Waals surface area contributed by atoms with Crippen LogP contribution in [0.2, 0.25) is 0 Å². The van der Waals surface area contributed by atoms with Crippen LogP contribution in [0.5, 0.6) is 0 Å². The zero-order chi connectivity index (χ0) is 37.1. The van der Waals surface area contributed by atoms with Gasteiger partial charge in [-0.2, -0.15) is 0 Å². The highest BCUT2D eigenvalue weighted by atomic mass is 16.6. The van der Waals surface area contributed by atoms with Crippen LogP contribution in [0.15, 0.2) is 109 Å². The number of nitrogens with zero attached hydrogens (tertiary/aromatic N) is 1. The van der Waals surface area contributed by atoms with Gasteiger partial charge in [0.25, 0.3) is 0 Å². The third-order valence-corrected chi connectivity index (χ3v) is 7.13. The van der Waals surface area contributed by atoms with Crippen molar-refractivity contribution in [1.29, 1.82) is 0 Å². The van der Waals surface area contributed by atoms with Crippen LogP contribution < -0.4 is 0 Å². The number of carbonyl (C=O) groups excluding carboxylic acids is 2. The van der Waals surface area contributed by atoms with E-state index < -0.39 is 24.1 Å². The maximum Gasteiger partial charge on any atom is 0.362 e. The summed E-state index contributed by atoms with van der Waals surface area (Å²) < 4.78 is 17.0. The Bertz CT molecular complexity index is 1180. The molecular weight excluding hydrogens is 630 g/mol. The number of carbonyl (C=O) groups is 3. The van der Waals surface area contributed by atoms with Crippen molar-refractivity contribution in [3.8, 4) is 0 Å². The summed E-state index contributed by atoms with van der Waals surface area (Å²) in [6.07, 6.45) is 43.2. The van der Waals surface area contributed by atoms with E-state index in [4.69, 9.17) is 14.2 Å². The van der Waals surface area contributed by atoms with Crippen LogP contribution in [0.3, 0.4) is 0 Å². The highest BCUT2D eigenvalue weighted by Crippen LogP contribution is 2.10. The molecule has 0 aliphatic carbocycles. The molecule has 0 heterocycles. The number of hydrogen-bond donors (Lipinski definition) is 1. The van der Waals surface area contributed by atoms with Crippen molar-refractivity contribution in [2.75, 3.05) is 41.0 Å². The van der Waals surface area contributed by atoms with Crippen molar-refractivity contribution in [2.24, 2.45) is 0 Å². The molecule has 1 N–H and O–H groups in total. The summed E-state index contributed by atoms with van der Waals surface area (Å²) >= 11 is 0. The highest BCUT2D eigenvalue weighted by Gasteiger charge is 2.31. The molecule has 0 spiro atoms. The smallest absolute Gasteiger partial charge is 0.362 e. The second kappa shape index (κ2) is 32.2. The fourth-order valence-corrected chi connectivity index (χ4v) is 4.37. The van der Waals surface area contributed by atoms with Gasteiger partial charge in [-0.15, -0.1) is 0 Å². The van der Waals surface area contributed by atoms with E-state index in [0.717, 1.165) is 38.5 Å². The first-order chi connectivity index (χ1) is 24.1. The van der Waals surface area contributed by atoms with Gasteiger partial charge in [0.15, 0.2) is 12.1 Å². The predicted molar refractivity (Wildman–Crippen MR) is 206 cm³/mol. The van der Waals surface area contributed by atoms with E-state index in [-0.39, 0.29) is 43.1 Å². The molecule has 50 heavy (non-hydrogen) atoms. The van der Waals surface area contributed by atoms with Crippen molar-refractivity contribution in [3.05, 3.63) is 109 Å². The van der Waals surface area contributed by atoms with Crippen molar-refractivity contribution in [3.63, 3.8) is 0 Å². The molecule has 0 amide bonds. The second-order valence-corrected chi connectivity index (χ2v) is 12.5. The van der Waals surface area contributed by atoms with Crippen LogP contribution >= 0.6 is 0 Å². The normalized spacial score (nSPS) is 14.3. The van der Waals surface area contributed by atoms with Crippen molar-refractivity contribution >= 4 is 17.9 Å². The lowest BCUT2D eigenvalue weighted by molar-refractivity contribution is -0.887. The molecule has 0 saturated heterocycles. The zero-order valence-electron chi connectivity index (χ0n) is 31.3. The topological polar surface area (TPSA) is 99.1 Å². The summed E-state index contributed by atoms with van der Waals surface area (Å²) in [6, 6.07) is -0.635. The number of rotatable bonds is 29. The molecule has 0 aliphatic heterocycles. The third-order valence-electron chi connectivity index (χ3n) is 7.13. The fraction of sp³-hybridized carbons (Fsp3) is 0.500. The third kappa shape index (κ3) is 30.1. The molecule has 8 nitrogen and oxygen atoms in total. The number of aliphatic carboxylic acids is 1. The van der Waals surface area contributed by atoms with Crippen LogP contribution in [0, 0.1) is 0 Å². The predicted octanol–water partition coefficient (Wildman–Crippen LogP) is 8.95. The van der Waals surface area contributed by atoms with Gasteiger partial charge in [0.2, 0.25) is 0 Å². The fourth-order valence-electron chi connectivity index (χ4n) is 4.37. The van der Waals surface area contributed by atoms with Gasteiger partial charge in [0.1, 0.15) is 6.61 Å². The molecule has 0 aromatic carbocycles. The molecule has 2 atom stereocenters. The summed E-state index contributed by atoms with van der Waals surface area (Å²) in [6.45, 7) is 4.27. The number of carboxylic acids is 1. The van der Waals surface area contributed by atoms with E-state index in [0.29, 0.717) is 19.3 Å². The average molecular weight is 695 g/mol. The quantitative estimate of drug-likeness (QED) is 0.0274. The Labute approximate surface area is 302 Å². The molecule has 8 heteroatoms. The molecule has 0 aromatic heterocycles. The molecule has 0 aromatic rings. The van der Waals surface area contributed by atoms with E-state index in [1.54, 1.807) is 0 Å². The number of quaternary nitrogens is 1. The van der Waals surface area contributed by atoms with E-state index in [9.17, 15) is 19.5 Å². The van der Waals surface area contributed by atoms with Gasteiger partial charge in [-0.1, -0.05) is 130 Å². The molecule has 0 fully saturated rings. The van der Waals surface area contributed by atoms with Crippen molar-refractivity contribution < 1.29 is 38.2 Å². The second-order valence-electron chi connectivity index (χ2n) is 12.5. The van der Waals surface area contributed by atoms with E-state index in [1.807, 2.05) is 106 Å². The zero-order valence-corrected chi connectivity index (χ0v) is 31.3. The molecule has 0 bridgehead atoms. The van der Waals surface area contributed by atoms with Gasteiger partial charge < -0.3 is 23.8 Å². The first kappa shape index (κ1) is 46.0. The molecular formula is C42H64NO7+. The number of hydrogen-bond acceptors (Lipinski definition) is 6. The lowest BCUT2D eigenvalue weighted by Crippen LogP contribution is -2.50. The average Bonchev–Trinajstić information content (AvgIpc) is 3.06. The van der Waals surface area contributed by atoms with E-state index in [2.05, 4.69) is 38.2 Å². The van der Waals surface area contributed by atoms with Crippen molar-refractivity contribution in [1.82, 2.24) is 0 Å². The largest absolute Gasteiger partial charge is 0.477 e. The number of carboxylic acid groups (broad SMARTS) is 1. The Balaban J connectivity index is 4.53. The lowest BCUT2D eigenvalue weighted by atomic mass is 10.1. The first-order valence-corrected chi connectivity index (χ1v) is 18.0. The summed E-state index contributed by atoms with van der Waals surface area (Å²) in [5, 5.41) is 9.55. The van der Waals surface area contributed by atoms with Crippen LogP contribution in [-0.4, -0.2) is 80.6 Å². The maximum atomic E-state index is 12.5. The minimum absolute atomic E-state index is 0.0139. The SMILES string of the molecule is CC/C=C/C=C/C=C/C=C/C=C/C=C/C=C/CCCCCC(=O)OCC(COCCC(C(=O)O)[N+](C)(C)C)OC(=O)CC/C=C/C/C=C/CC. The molecule has 0 radical (unpaired) electrons. The molecule has 278 valence electrons. The van der Waals surface area contributed by atoms with Gasteiger partial charge in [-0.3, -0.25) is 9.59 Å². The number of allylic oxidation sites excluding steroid dienone is 18. The van der Waals surface area contributed by atoms with Gasteiger partial charge in [0.05, 0.1) is 34.4 Å². The minimum atomic E-state index is -0.899. The Morgan fingerprint density at radius 3 is 1.78 bits per heavy atom. The maximum absolute atomic E-state index is 12.5. The Morgan fingerprint density at radius 1 is 0.620 bits per heavy atom. The highest BCUT2D eigenvalue weighted by molar-refractivity contribution is 5.72. The molecule has 0 saturated carbocycles. The number of unbranched alkanes of at least 4 members (excludes halogenated alkanes) is 3. The summed E-state index contributed by atoms with van der Waals surface area (Å²) in [5.41, 5.74) is 0.